The van der Waals surface area contributed by atoms with Crippen LogP contribution in [0.1, 0.15) is 12.6 Å². The van der Waals surface area contributed by atoms with Crippen LogP contribution in [0.15, 0.2) is 48.5 Å². The molecule has 1 heterocycles. The first kappa shape index (κ1) is 13.5. The lowest BCUT2D eigenvalue weighted by atomic mass is 10.2. The maximum Gasteiger partial charge on any atom is 0.0896 e. The molecule has 0 aliphatic heterocycles. The topological polar surface area (TPSA) is 47.1 Å². The molecule has 1 aromatic heterocycles. The number of nitrogens with two attached hydrogens (primary N) is 1. The molecular formula is C17H20N4. The molecule has 0 atom stereocenters. The summed E-state index contributed by atoms with van der Waals surface area (Å²) in [5.41, 5.74) is 9.99. The van der Waals surface area contributed by atoms with E-state index in [-0.39, 0.29) is 0 Å². The number of fused-ring (bicyclic) bond motifs is 1. The summed E-state index contributed by atoms with van der Waals surface area (Å²) in [5, 5.41) is 5.89. The Hall–Kier alpha value is -2.49. The molecule has 0 unspecified atom stereocenters. The highest BCUT2D eigenvalue weighted by molar-refractivity contribution is 5.82. The number of rotatable bonds is 4. The zero-order valence-corrected chi connectivity index (χ0v) is 12.5. The van der Waals surface area contributed by atoms with Crippen LogP contribution in [0.2, 0.25) is 0 Å². The van der Waals surface area contributed by atoms with E-state index in [2.05, 4.69) is 47.3 Å². The molecule has 4 nitrogen and oxygen atoms in total. The van der Waals surface area contributed by atoms with Crippen LogP contribution in [0.4, 0.5) is 11.4 Å². The van der Waals surface area contributed by atoms with Gasteiger partial charge in [0.2, 0.25) is 0 Å². The highest BCUT2D eigenvalue weighted by atomic mass is 15.3. The number of nitrogen functional groups attached to an aromatic ring is 1. The first-order valence-electron chi connectivity index (χ1n) is 7.20. The van der Waals surface area contributed by atoms with E-state index in [0.29, 0.717) is 0 Å². The maximum atomic E-state index is 5.76. The summed E-state index contributed by atoms with van der Waals surface area (Å²) in [6.45, 7) is 3.87. The van der Waals surface area contributed by atoms with Crippen molar-refractivity contribution in [3.8, 4) is 0 Å². The SMILES string of the molecule is CCN(Cc1nn(C)c2ccccc12)c1ccc(N)cc1. The lowest BCUT2D eigenvalue weighted by molar-refractivity contribution is 0.739. The second kappa shape index (κ2) is 5.48. The van der Waals surface area contributed by atoms with Gasteiger partial charge in [-0.1, -0.05) is 18.2 Å². The molecule has 4 heteroatoms. The Morgan fingerprint density at radius 3 is 2.52 bits per heavy atom. The summed E-state index contributed by atoms with van der Waals surface area (Å²) in [7, 11) is 1.99. The molecule has 0 aliphatic carbocycles. The Labute approximate surface area is 124 Å². The standard InChI is InChI=1S/C17H20N4/c1-3-21(14-10-8-13(18)9-11-14)12-16-15-6-4-5-7-17(15)20(2)19-16/h4-11H,3,12,18H2,1-2H3. The molecule has 3 rings (SSSR count). The van der Waals surface area contributed by atoms with Gasteiger partial charge in [-0.15, -0.1) is 0 Å². The highest BCUT2D eigenvalue weighted by Crippen LogP contribution is 2.22. The summed E-state index contributed by atoms with van der Waals surface area (Å²) in [6, 6.07) is 16.3. The molecule has 108 valence electrons. The lowest BCUT2D eigenvalue weighted by Crippen LogP contribution is -2.22. The Morgan fingerprint density at radius 2 is 1.81 bits per heavy atom. The zero-order valence-electron chi connectivity index (χ0n) is 12.5. The predicted molar refractivity (Wildman–Crippen MR) is 88.3 cm³/mol. The van der Waals surface area contributed by atoms with Crippen LogP contribution in [0.3, 0.4) is 0 Å². The van der Waals surface area contributed by atoms with Crippen molar-refractivity contribution < 1.29 is 0 Å². The predicted octanol–water partition coefficient (Wildman–Crippen LogP) is 3.18. The number of anilines is 2. The average molecular weight is 280 g/mol. The van der Waals surface area contributed by atoms with Gasteiger partial charge >= 0.3 is 0 Å². The van der Waals surface area contributed by atoms with E-state index in [1.165, 1.54) is 16.6 Å². The third-order valence-electron chi connectivity index (χ3n) is 3.81. The normalized spacial score (nSPS) is 11.0. The lowest BCUT2D eigenvalue weighted by Gasteiger charge is -2.22. The molecule has 0 fully saturated rings. The largest absolute Gasteiger partial charge is 0.399 e. The summed E-state index contributed by atoms with van der Waals surface area (Å²) >= 11 is 0. The monoisotopic (exact) mass is 280 g/mol. The van der Waals surface area contributed by atoms with Crippen molar-refractivity contribution in [1.29, 1.82) is 0 Å². The Balaban J connectivity index is 1.94. The van der Waals surface area contributed by atoms with E-state index in [1.807, 2.05) is 29.9 Å². The molecule has 0 saturated heterocycles. The number of aromatic nitrogens is 2. The van der Waals surface area contributed by atoms with E-state index < -0.39 is 0 Å². The molecule has 0 spiro atoms. The van der Waals surface area contributed by atoms with E-state index in [0.717, 1.165) is 24.5 Å². The molecule has 0 bridgehead atoms. The van der Waals surface area contributed by atoms with Crippen molar-refractivity contribution >= 4 is 22.3 Å². The number of para-hydroxylation sites is 1. The van der Waals surface area contributed by atoms with Gasteiger partial charge in [0.1, 0.15) is 0 Å². The molecule has 0 saturated carbocycles. The van der Waals surface area contributed by atoms with E-state index in [1.54, 1.807) is 0 Å². The minimum Gasteiger partial charge on any atom is -0.399 e. The van der Waals surface area contributed by atoms with Crippen molar-refractivity contribution in [1.82, 2.24) is 9.78 Å². The quantitative estimate of drug-likeness (QED) is 0.747. The van der Waals surface area contributed by atoms with Gasteiger partial charge in [0.25, 0.3) is 0 Å². The molecule has 2 aromatic carbocycles. The summed E-state index contributed by atoms with van der Waals surface area (Å²) < 4.78 is 1.95. The van der Waals surface area contributed by atoms with Crippen LogP contribution >= 0.6 is 0 Å². The van der Waals surface area contributed by atoms with Crippen molar-refractivity contribution in [2.24, 2.45) is 7.05 Å². The number of benzene rings is 2. The molecule has 0 radical (unpaired) electrons. The summed E-state index contributed by atoms with van der Waals surface area (Å²) in [5.74, 6) is 0. The molecule has 21 heavy (non-hydrogen) atoms. The van der Waals surface area contributed by atoms with Gasteiger partial charge in [0.15, 0.2) is 0 Å². The van der Waals surface area contributed by atoms with Crippen molar-refractivity contribution in [2.75, 3.05) is 17.2 Å². The first-order chi connectivity index (χ1) is 10.2. The third kappa shape index (κ3) is 2.57. The molecule has 0 aliphatic rings. The van der Waals surface area contributed by atoms with Gasteiger partial charge in [-0.05, 0) is 37.3 Å². The van der Waals surface area contributed by atoms with Gasteiger partial charge in [0.05, 0.1) is 17.8 Å². The van der Waals surface area contributed by atoms with Crippen LogP contribution in [-0.4, -0.2) is 16.3 Å². The highest BCUT2D eigenvalue weighted by Gasteiger charge is 2.12. The van der Waals surface area contributed by atoms with Gasteiger partial charge in [0, 0.05) is 30.4 Å². The van der Waals surface area contributed by atoms with Crippen molar-refractivity contribution in [3.63, 3.8) is 0 Å². The van der Waals surface area contributed by atoms with Gasteiger partial charge in [-0.25, -0.2) is 0 Å². The Bertz CT molecular complexity index is 743. The summed E-state index contributed by atoms with van der Waals surface area (Å²) in [4.78, 5) is 2.30. The summed E-state index contributed by atoms with van der Waals surface area (Å²) in [6.07, 6.45) is 0. The third-order valence-corrected chi connectivity index (χ3v) is 3.81. The Morgan fingerprint density at radius 1 is 1.10 bits per heavy atom. The average Bonchev–Trinajstić information content (AvgIpc) is 2.83. The second-order valence-electron chi connectivity index (χ2n) is 5.19. The van der Waals surface area contributed by atoms with Gasteiger partial charge in [-0.2, -0.15) is 5.10 Å². The minimum absolute atomic E-state index is 0.790. The van der Waals surface area contributed by atoms with Crippen LogP contribution in [0.25, 0.3) is 10.9 Å². The second-order valence-corrected chi connectivity index (χ2v) is 5.19. The molecule has 2 N–H and O–H groups in total. The fourth-order valence-electron chi connectivity index (χ4n) is 2.66. The molecule has 0 amide bonds. The fraction of sp³-hybridized carbons (Fsp3) is 0.235. The van der Waals surface area contributed by atoms with Crippen LogP contribution in [-0.2, 0) is 13.6 Å². The van der Waals surface area contributed by atoms with E-state index in [4.69, 9.17) is 5.73 Å². The number of hydrogen-bond acceptors (Lipinski definition) is 3. The fourth-order valence-corrected chi connectivity index (χ4v) is 2.66. The number of hydrogen-bond donors (Lipinski definition) is 1. The van der Waals surface area contributed by atoms with Crippen molar-refractivity contribution in [2.45, 2.75) is 13.5 Å². The molecule has 3 aromatic rings. The van der Waals surface area contributed by atoms with Crippen LogP contribution in [0.5, 0.6) is 0 Å². The molecular weight excluding hydrogens is 260 g/mol. The first-order valence-corrected chi connectivity index (χ1v) is 7.20. The van der Waals surface area contributed by atoms with Gasteiger partial charge < -0.3 is 10.6 Å². The smallest absolute Gasteiger partial charge is 0.0896 e. The Kier molecular flexibility index (Phi) is 3.52. The number of aryl methyl sites for hydroxylation is 1. The van der Waals surface area contributed by atoms with Crippen LogP contribution in [0, 0.1) is 0 Å². The van der Waals surface area contributed by atoms with E-state index in [9.17, 15) is 0 Å². The van der Waals surface area contributed by atoms with Gasteiger partial charge in [-0.3, -0.25) is 4.68 Å². The van der Waals surface area contributed by atoms with Crippen LogP contribution < -0.4 is 10.6 Å². The maximum absolute atomic E-state index is 5.76. The van der Waals surface area contributed by atoms with E-state index >= 15 is 0 Å². The minimum atomic E-state index is 0.790. The zero-order chi connectivity index (χ0) is 14.8. The van der Waals surface area contributed by atoms with Crippen molar-refractivity contribution in [3.05, 3.63) is 54.2 Å². The number of nitrogens with zero attached hydrogens (tertiary/aromatic N) is 3.